The number of rotatable bonds is 5. The van der Waals surface area contributed by atoms with E-state index in [1.807, 2.05) is 25.7 Å². The van der Waals surface area contributed by atoms with Gasteiger partial charge in [-0.05, 0) is 39.8 Å². The van der Waals surface area contributed by atoms with Crippen LogP contribution in [0.5, 0.6) is 0 Å². The minimum absolute atomic E-state index is 0.107. The quantitative estimate of drug-likeness (QED) is 0.567. The predicted octanol–water partition coefficient (Wildman–Crippen LogP) is 1.54. The Hall–Kier alpha value is -1.77. The summed E-state index contributed by atoms with van der Waals surface area (Å²) in [5, 5.41) is 0. The van der Waals surface area contributed by atoms with Crippen molar-refractivity contribution in [1.29, 1.82) is 0 Å². The Kier molecular flexibility index (Phi) is 6.21. The first-order valence-electron chi connectivity index (χ1n) is 8.54. The lowest BCUT2D eigenvalue weighted by molar-refractivity contribution is -0.156. The molecular weight excluding hydrogens is 356 g/mol. The zero-order chi connectivity index (χ0) is 19.5. The van der Waals surface area contributed by atoms with Crippen molar-refractivity contribution >= 4 is 21.8 Å². The molecule has 1 aromatic carbocycles. The van der Waals surface area contributed by atoms with Crippen LogP contribution in [0.1, 0.15) is 38.1 Å². The maximum absolute atomic E-state index is 12.7. The van der Waals surface area contributed by atoms with E-state index >= 15 is 0 Å². The first-order valence-corrected chi connectivity index (χ1v) is 9.98. The molecule has 1 heterocycles. The number of Topliss-reactive ketones (excluding diaryl/α,β-unsaturated/α-hetero) is 1. The van der Waals surface area contributed by atoms with Gasteiger partial charge in [-0.25, -0.2) is 8.42 Å². The van der Waals surface area contributed by atoms with Crippen LogP contribution in [0.4, 0.5) is 0 Å². The monoisotopic (exact) mass is 382 g/mol. The van der Waals surface area contributed by atoms with Crippen LogP contribution in [0.15, 0.2) is 29.2 Å². The average molecular weight is 382 g/mol. The van der Waals surface area contributed by atoms with Gasteiger partial charge in [-0.2, -0.15) is 4.31 Å². The van der Waals surface area contributed by atoms with Gasteiger partial charge in [0.2, 0.25) is 10.0 Å². The van der Waals surface area contributed by atoms with Gasteiger partial charge in [0.15, 0.2) is 5.78 Å². The van der Waals surface area contributed by atoms with Crippen molar-refractivity contribution in [3.8, 4) is 0 Å². The van der Waals surface area contributed by atoms with E-state index < -0.39 is 15.6 Å². The Bertz CT molecular complexity index is 758. The standard InChI is InChI=1S/C18H26N2O5S/c1-14(21)15-5-7-16(8-6-15)26(23,24)20-11-9-19(10-12-20)13-17(22)25-18(2,3)4/h5-8H,9-13H2,1-4H3. The van der Waals surface area contributed by atoms with E-state index in [1.54, 1.807) is 0 Å². The molecule has 0 aromatic heterocycles. The topological polar surface area (TPSA) is 84.0 Å². The molecule has 0 atom stereocenters. The van der Waals surface area contributed by atoms with Crippen molar-refractivity contribution in [2.45, 2.75) is 38.2 Å². The van der Waals surface area contributed by atoms with Gasteiger partial charge in [0, 0.05) is 31.7 Å². The summed E-state index contributed by atoms with van der Waals surface area (Å²) in [5.41, 5.74) is -0.0556. The van der Waals surface area contributed by atoms with Crippen LogP contribution >= 0.6 is 0 Å². The normalized spacial score (nSPS) is 17.1. The molecular formula is C18H26N2O5S. The van der Waals surface area contributed by atoms with Gasteiger partial charge in [0.1, 0.15) is 5.60 Å². The molecule has 1 aliphatic rings. The molecule has 2 rings (SSSR count). The van der Waals surface area contributed by atoms with Crippen molar-refractivity contribution in [2.24, 2.45) is 0 Å². The third-order valence-electron chi connectivity index (χ3n) is 4.00. The van der Waals surface area contributed by atoms with Gasteiger partial charge in [-0.3, -0.25) is 14.5 Å². The molecule has 1 aliphatic heterocycles. The van der Waals surface area contributed by atoms with Crippen LogP contribution in [0, 0.1) is 0 Å². The van der Waals surface area contributed by atoms with Crippen molar-refractivity contribution in [1.82, 2.24) is 9.21 Å². The third kappa shape index (κ3) is 5.36. The lowest BCUT2D eigenvalue weighted by atomic mass is 10.2. The zero-order valence-corrected chi connectivity index (χ0v) is 16.5. The molecule has 144 valence electrons. The molecule has 7 nitrogen and oxygen atoms in total. The molecule has 0 spiro atoms. The number of esters is 1. The van der Waals surface area contributed by atoms with Gasteiger partial charge < -0.3 is 4.74 Å². The molecule has 1 fully saturated rings. The molecule has 0 radical (unpaired) electrons. The van der Waals surface area contributed by atoms with Gasteiger partial charge >= 0.3 is 5.97 Å². The summed E-state index contributed by atoms with van der Waals surface area (Å²) in [4.78, 5) is 25.3. The van der Waals surface area contributed by atoms with Crippen LogP contribution in [-0.2, 0) is 19.6 Å². The number of ether oxygens (including phenoxy) is 1. The van der Waals surface area contributed by atoms with Crippen molar-refractivity contribution in [3.05, 3.63) is 29.8 Å². The molecule has 8 heteroatoms. The van der Waals surface area contributed by atoms with Crippen LogP contribution in [0.2, 0.25) is 0 Å². The van der Waals surface area contributed by atoms with E-state index in [0.29, 0.717) is 31.7 Å². The number of carbonyl (C=O) groups excluding carboxylic acids is 2. The molecule has 1 aromatic rings. The Balaban J connectivity index is 1.96. The van der Waals surface area contributed by atoms with Crippen molar-refractivity contribution < 1.29 is 22.7 Å². The van der Waals surface area contributed by atoms with Gasteiger partial charge in [0.05, 0.1) is 11.4 Å². The highest BCUT2D eigenvalue weighted by Crippen LogP contribution is 2.19. The summed E-state index contributed by atoms with van der Waals surface area (Å²) in [7, 11) is -3.61. The fourth-order valence-corrected chi connectivity index (χ4v) is 4.12. The number of piperazine rings is 1. The number of nitrogens with zero attached hydrogens (tertiary/aromatic N) is 2. The number of ketones is 1. The highest BCUT2D eigenvalue weighted by molar-refractivity contribution is 7.89. The third-order valence-corrected chi connectivity index (χ3v) is 5.92. The summed E-state index contributed by atoms with van der Waals surface area (Å²) in [6, 6.07) is 5.96. The van der Waals surface area contributed by atoms with Crippen LogP contribution in [0.25, 0.3) is 0 Å². The largest absolute Gasteiger partial charge is 0.459 e. The number of hydrogen-bond acceptors (Lipinski definition) is 6. The van der Waals surface area contributed by atoms with E-state index in [4.69, 9.17) is 4.74 Å². The van der Waals surface area contributed by atoms with E-state index in [9.17, 15) is 18.0 Å². The van der Waals surface area contributed by atoms with E-state index in [1.165, 1.54) is 35.5 Å². The second-order valence-electron chi connectivity index (χ2n) is 7.35. The maximum atomic E-state index is 12.7. The lowest BCUT2D eigenvalue weighted by Gasteiger charge is -2.33. The lowest BCUT2D eigenvalue weighted by Crippen LogP contribution is -2.50. The van der Waals surface area contributed by atoms with Crippen LogP contribution in [-0.4, -0.2) is 67.7 Å². The fraction of sp³-hybridized carbons (Fsp3) is 0.556. The van der Waals surface area contributed by atoms with Gasteiger partial charge in [0.25, 0.3) is 0 Å². The molecule has 1 saturated heterocycles. The van der Waals surface area contributed by atoms with E-state index in [2.05, 4.69) is 0 Å². The SMILES string of the molecule is CC(=O)c1ccc(S(=O)(=O)N2CCN(CC(=O)OC(C)(C)C)CC2)cc1. The van der Waals surface area contributed by atoms with E-state index in [0.717, 1.165) is 0 Å². The Morgan fingerprint density at radius 2 is 1.58 bits per heavy atom. The number of benzene rings is 1. The molecule has 0 saturated carbocycles. The van der Waals surface area contributed by atoms with Crippen LogP contribution < -0.4 is 0 Å². The molecule has 26 heavy (non-hydrogen) atoms. The maximum Gasteiger partial charge on any atom is 0.320 e. The first kappa shape index (κ1) is 20.5. The summed E-state index contributed by atoms with van der Waals surface area (Å²) < 4.78 is 32.1. The predicted molar refractivity (Wildman–Crippen MR) is 97.5 cm³/mol. The zero-order valence-electron chi connectivity index (χ0n) is 15.7. The number of carbonyl (C=O) groups is 2. The summed E-state index contributed by atoms with van der Waals surface area (Å²) >= 11 is 0. The molecule has 0 unspecified atom stereocenters. The van der Waals surface area contributed by atoms with Crippen molar-refractivity contribution in [3.63, 3.8) is 0 Å². The van der Waals surface area contributed by atoms with Gasteiger partial charge in [-0.15, -0.1) is 0 Å². The molecule has 0 N–H and O–H groups in total. The minimum atomic E-state index is -3.61. The summed E-state index contributed by atoms with van der Waals surface area (Å²) in [6.45, 7) is 8.56. The second-order valence-corrected chi connectivity index (χ2v) is 9.29. The summed E-state index contributed by atoms with van der Waals surface area (Å²) in [5.74, 6) is -0.418. The highest BCUT2D eigenvalue weighted by atomic mass is 32.2. The molecule has 0 aliphatic carbocycles. The Morgan fingerprint density at radius 1 is 1.04 bits per heavy atom. The number of hydrogen-bond donors (Lipinski definition) is 0. The fourth-order valence-electron chi connectivity index (χ4n) is 2.70. The van der Waals surface area contributed by atoms with E-state index in [-0.39, 0.29) is 23.2 Å². The highest BCUT2D eigenvalue weighted by Gasteiger charge is 2.29. The minimum Gasteiger partial charge on any atom is -0.459 e. The van der Waals surface area contributed by atoms with Crippen molar-refractivity contribution in [2.75, 3.05) is 32.7 Å². The Morgan fingerprint density at radius 3 is 2.04 bits per heavy atom. The average Bonchev–Trinajstić information content (AvgIpc) is 2.53. The number of sulfonamides is 1. The molecule has 0 bridgehead atoms. The summed E-state index contributed by atoms with van der Waals surface area (Å²) in [6.07, 6.45) is 0. The Labute approximate surface area is 155 Å². The smallest absolute Gasteiger partial charge is 0.320 e. The second kappa shape index (κ2) is 7.85. The molecule has 0 amide bonds. The van der Waals surface area contributed by atoms with Gasteiger partial charge in [-0.1, -0.05) is 12.1 Å². The first-order chi connectivity index (χ1) is 12.0. The van der Waals surface area contributed by atoms with Crippen LogP contribution in [0.3, 0.4) is 0 Å².